The number of piperazine rings is 1. The minimum atomic E-state index is -0.108. The Balaban J connectivity index is 1.17. The number of carbonyl (C=O) groups excluding carboxylic acids is 2. The van der Waals surface area contributed by atoms with Gasteiger partial charge in [-0.2, -0.15) is 5.10 Å². The highest BCUT2D eigenvalue weighted by Gasteiger charge is 2.30. The highest BCUT2D eigenvalue weighted by molar-refractivity contribution is 5.91. The molecule has 0 atom stereocenters. The Morgan fingerprint density at radius 1 is 1.06 bits per heavy atom. The molecule has 0 aromatic carbocycles. The van der Waals surface area contributed by atoms with Gasteiger partial charge in [-0.15, -0.1) is 10.2 Å². The van der Waals surface area contributed by atoms with Crippen molar-refractivity contribution < 1.29 is 9.59 Å². The van der Waals surface area contributed by atoms with Crippen molar-refractivity contribution in [3.05, 3.63) is 35.3 Å². The predicted molar refractivity (Wildman–Crippen MR) is 114 cm³/mol. The molecule has 1 saturated heterocycles. The zero-order valence-electron chi connectivity index (χ0n) is 18.0. The summed E-state index contributed by atoms with van der Waals surface area (Å²) >= 11 is 0. The fourth-order valence-corrected chi connectivity index (χ4v) is 4.64. The fraction of sp³-hybridized carbons (Fsp3) is 0.591. The zero-order valence-corrected chi connectivity index (χ0v) is 18.0. The van der Waals surface area contributed by atoms with Crippen LogP contribution in [0, 0.1) is 0 Å². The first-order valence-corrected chi connectivity index (χ1v) is 11.2. The molecular weight excluding hydrogens is 394 g/mol. The monoisotopic (exact) mass is 423 g/mol. The van der Waals surface area contributed by atoms with Gasteiger partial charge in [-0.1, -0.05) is 6.42 Å². The number of aromatic nitrogens is 4. The van der Waals surface area contributed by atoms with Crippen LogP contribution in [0.1, 0.15) is 47.9 Å². The third-order valence-corrected chi connectivity index (χ3v) is 6.80. The molecule has 164 valence electrons. The van der Waals surface area contributed by atoms with Gasteiger partial charge in [0.2, 0.25) is 5.91 Å². The van der Waals surface area contributed by atoms with E-state index >= 15 is 0 Å². The van der Waals surface area contributed by atoms with E-state index in [2.05, 4.69) is 25.1 Å². The van der Waals surface area contributed by atoms with Gasteiger partial charge in [0.1, 0.15) is 5.69 Å². The molecule has 9 heteroatoms. The summed E-state index contributed by atoms with van der Waals surface area (Å²) in [5.74, 6) is 0.713. The SMILES string of the molecule is CC(=O)c1ccc(-n2cc3c(n2)CCN(CC(=O)N2CCN(C4CCC4)CC2)C3)nn1. The standard InChI is InChI=1S/C22H29N7O2/c1-16(30)19-5-6-21(24-23-19)29-14-17-13-26(8-7-20(17)25-29)15-22(31)28-11-9-27(10-12-28)18-3-2-4-18/h5-6,14,18H,2-4,7-13,15H2,1H3. The Labute approximate surface area is 182 Å². The Hall–Kier alpha value is -2.65. The summed E-state index contributed by atoms with van der Waals surface area (Å²) in [6.45, 7) is 7.19. The molecule has 9 nitrogen and oxygen atoms in total. The molecule has 1 saturated carbocycles. The number of rotatable bonds is 5. The molecule has 0 N–H and O–H groups in total. The molecule has 1 aliphatic carbocycles. The third kappa shape index (κ3) is 4.24. The second kappa shape index (κ2) is 8.47. The van der Waals surface area contributed by atoms with Crippen LogP contribution in [0.2, 0.25) is 0 Å². The van der Waals surface area contributed by atoms with E-state index < -0.39 is 0 Å². The molecule has 0 spiro atoms. The molecule has 2 aliphatic heterocycles. The Bertz CT molecular complexity index is 959. The van der Waals surface area contributed by atoms with Gasteiger partial charge >= 0.3 is 0 Å². The molecule has 0 unspecified atom stereocenters. The highest BCUT2D eigenvalue weighted by Crippen LogP contribution is 2.25. The Kier molecular flexibility index (Phi) is 5.54. The second-order valence-electron chi connectivity index (χ2n) is 8.84. The summed E-state index contributed by atoms with van der Waals surface area (Å²) in [5.41, 5.74) is 2.50. The van der Waals surface area contributed by atoms with E-state index in [9.17, 15) is 9.59 Å². The second-order valence-corrected chi connectivity index (χ2v) is 8.84. The topological polar surface area (TPSA) is 87.5 Å². The van der Waals surface area contributed by atoms with Crippen molar-refractivity contribution in [2.75, 3.05) is 39.3 Å². The molecule has 2 aromatic rings. The van der Waals surface area contributed by atoms with E-state index in [1.165, 1.54) is 26.2 Å². The van der Waals surface area contributed by atoms with Gasteiger partial charge in [0, 0.05) is 70.4 Å². The number of ketones is 1. The maximum absolute atomic E-state index is 12.9. The number of hydrogen-bond donors (Lipinski definition) is 0. The number of fused-ring (bicyclic) bond motifs is 1. The highest BCUT2D eigenvalue weighted by atomic mass is 16.2. The van der Waals surface area contributed by atoms with Crippen LogP contribution in [-0.4, -0.2) is 91.7 Å². The van der Waals surface area contributed by atoms with Gasteiger partial charge in [-0.05, 0) is 25.0 Å². The fourth-order valence-electron chi connectivity index (χ4n) is 4.64. The molecule has 0 bridgehead atoms. The van der Waals surface area contributed by atoms with Crippen LogP contribution in [0.3, 0.4) is 0 Å². The molecule has 2 aromatic heterocycles. The zero-order chi connectivity index (χ0) is 21.4. The van der Waals surface area contributed by atoms with Crippen LogP contribution < -0.4 is 0 Å². The average molecular weight is 424 g/mol. The van der Waals surface area contributed by atoms with Gasteiger partial charge in [-0.25, -0.2) is 4.68 Å². The van der Waals surface area contributed by atoms with Crippen LogP contribution in [0.15, 0.2) is 18.3 Å². The van der Waals surface area contributed by atoms with E-state index in [-0.39, 0.29) is 11.7 Å². The van der Waals surface area contributed by atoms with Gasteiger partial charge in [0.25, 0.3) is 0 Å². The van der Waals surface area contributed by atoms with E-state index in [4.69, 9.17) is 0 Å². The summed E-state index contributed by atoms with van der Waals surface area (Å²) in [5, 5.41) is 12.7. The Morgan fingerprint density at radius 2 is 1.87 bits per heavy atom. The van der Waals surface area contributed by atoms with Crippen molar-refractivity contribution in [1.29, 1.82) is 0 Å². The number of hydrogen-bond acceptors (Lipinski definition) is 7. The Morgan fingerprint density at radius 3 is 2.52 bits per heavy atom. The first-order valence-electron chi connectivity index (χ1n) is 11.2. The molecule has 3 aliphatic rings. The predicted octanol–water partition coefficient (Wildman–Crippen LogP) is 0.920. The largest absolute Gasteiger partial charge is 0.339 e. The van der Waals surface area contributed by atoms with E-state index in [1.807, 2.05) is 11.1 Å². The maximum atomic E-state index is 12.9. The van der Waals surface area contributed by atoms with Crippen molar-refractivity contribution in [1.82, 2.24) is 34.7 Å². The lowest BCUT2D eigenvalue weighted by Crippen LogP contribution is -2.55. The van der Waals surface area contributed by atoms with Crippen molar-refractivity contribution >= 4 is 11.7 Å². The third-order valence-electron chi connectivity index (χ3n) is 6.80. The first-order chi connectivity index (χ1) is 15.1. The number of amides is 1. The van der Waals surface area contributed by atoms with Crippen LogP contribution in [0.4, 0.5) is 0 Å². The normalized spacial score (nSPS) is 20.4. The van der Waals surface area contributed by atoms with Crippen molar-refractivity contribution in [2.24, 2.45) is 0 Å². The van der Waals surface area contributed by atoms with Crippen LogP contribution >= 0.6 is 0 Å². The number of carbonyl (C=O) groups is 2. The van der Waals surface area contributed by atoms with Crippen LogP contribution in [0.5, 0.6) is 0 Å². The smallest absolute Gasteiger partial charge is 0.236 e. The van der Waals surface area contributed by atoms with Gasteiger partial charge in [0.05, 0.1) is 12.2 Å². The molecule has 0 radical (unpaired) electrons. The minimum absolute atomic E-state index is 0.108. The molecule has 31 heavy (non-hydrogen) atoms. The summed E-state index contributed by atoms with van der Waals surface area (Å²) in [6, 6.07) is 4.19. The average Bonchev–Trinajstić information content (AvgIpc) is 3.16. The van der Waals surface area contributed by atoms with Crippen LogP contribution in [0.25, 0.3) is 5.82 Å². The van der Waals surface area contributed by atoms with Gasteiger partial charge in [-0.3, -0.25) is 19.4 Å². The quantitative estimate of drug-likeness (QED) is 0.661. The van der Waals surface area contributed by atoms with Gasteiger partial charge in [0.15, 0.2) is 11.6 Å². The lowest BCUT2D eigenvalue weighted by molar-refractivity contribution is -0.135. The van der Waals surface area contributed by atoms with Crippen molar-refractivity contribution in [3.63, 3.8) is 0 Å². The van der Waals surface area contributed by atoms with E-state index in [1.54, 1.807) is 16.8 Å². The summed E-state index contributed by atoms with van der Waals surface area (Å²) < 4.78 is 1.71. The summed E-state index contributed by atoms with van der Waals surface area (Å²) in [6.07, 6.45) is 6.77. The van der Waals surface area contributed by atoms with Crippen molar-refractivity contribution in [3.8, 4) is 5.82 Å². The number of nitrogens with zero attached hydrogens (tertiary/aromatic N) is 7. The lowest BCUT2D eigenvalue weighted by atomic mass is 9.91. The van der Waals surface area contributed by atoms with Crippen LogP contribution in [-0.2, 0) is 17.8 Å². The lowest BCUT2D eigenvalue weighted by Gasteiger charge is -2.43. The molecule has 1 amide bonds. The maximum Gasteiger partial charge on any atom is 0.236 e. The van der Waals surface area contributed by atoms with Gasteiger partial charge < -0.3 is 4.90 Å². The van der Waals surface area contributed by atoms with E-state index in [0.29, 0.717) is 24.6 Å². The first kappa shape index (κ1) is 20.3. The number of Topliss-reactive ketones (excluding diaryl/α,β-unsaturated/α-hetero) is 1. The summed E-state index contributed by atoms with van der Waals surface area (Å²) in [4.78, 5) is 31.0. The minimum Gasteiger partial charge on any atom is -0.339 e. The van der Waals surface area contributed by atoms with E-state index in [0.717, 1.165) is 56.4 Å². The molecule has 2 fully saturated rings. The molecule has 5 rings (SSSR count). The summed E-state index contributed by atoms with van der Waals surface area (Å²) in [7, 11) is 0. The van der Waals surface area contributed by atoms with Crippen molar-refractivity contribution in [2.45, 2.75) is 45.2 Å². The molecular formula is C22H29N7O2. The molecule has 4 heterocycles.